The Morgan fingerprint density at radius 3 is 2.81 bits per heavy atom. The maximum Gasteiger partial charge on any atom is 0.120 e. The van der Waals surface area contributed by atoms with Gasteiger partial charge < -0.3 is 14.6 Å². The van der Waals surface area contributed by atoms with Crippen LogP contribution in [0, 0.1) is 6.92 Å². The van der Waals surface area contributed by atoms with Crippen LogP contribution in [0.25, 0.3) is 0 Å². The van der Waals surface area contributed by atoms with Crippen LogP contribution in [0.15, 0.2) is 10.5 Å². The Bertz CT molecular complexity index is 410. The molecule has 0 spiro atoms. The maximum atomic E-state index is 5.99. The van der Waals surface area contributed by atoms with Crippen molar-refractivity contribution in [3.05, 3.63) is 23.2 Å². The predicted molar refractivity (Wildman–Crippen MR) is 87.5 cm³/mol. The van der Waals surface area contributed by atoms with E-state index in [-0.39, 0.29) is 0 Å². The lowest BCUT2D eigenvalue weighted by atomic mass is 10.2. The first-order valence-corrected chi connectivity index (χ1v) is 8.39. The van der Waals surface area contributed by atoms with E-state index in [1.807, 2.05) is 0 Å². The van der Waals surface area contributed by atoms with Crippen molar-refractivity contribution in [2.24, 2.45) is 0 Å². The third kappa shape index (κ3) is 5.46. The number of rotatable bonds is 9. The molecule has 0 atom stereocenters. The van der Waals surface area contributed by atoms with E-state index in [4.69, 9.17) is 4.42 Å². The fourth-order valence-electron chi connectivity index (χ4n) is 2.89. The minimum Gasteiger partial charge on any atom is -0.463 e. The average Bonchev–Trinajstić information content (AvgIpc) is 3.07. The molecule has 0 amide bonds. The Balaban J connectivity index is 1.74. The number of nitrogens with zero attached hydrogens (tertiary/aromatic N) is 2. The standard InChI is InChI=1S/C17H31N3O/c1-4-7-18-13-17-15(2)12-16(21-17)14-19(3)10-11-20-8-5-6-9-20/h12,18H,4-11,13-14H2,1-3H3. The smallest absolute Gasteiger partial charge is 0.120 e. The van der Waals surface area contributed by atoms with Gasteiger partial charge in [0.1, 0.15) is 11.5 Å². The Labute approximate surface area is 129 Å². The number of likely N-dealkylation sites (tertiary alicyclic amines) is 1. The van der Waals surface area contributed by atoms with Crippen molar-refractivity contribution in [1.82, 2.24) is 15.1 Å². The molecule has 1 aliphatic heterocycles. The van der Waals surface area contributed by atoms with Gasteiger partial charge in [0.25, 0.3) is 0 Å². The fourth-order valence-corrected chi connectivity index (χ4v) is 2.89. The van der Waals surface area contributed by atoms with Gasteiger partial charge in [0.2, 0.25) is 0 Å². The molecule has 120 valence electrons. The number of hydrogen-bond donors (Lipinski definition) is 1. The summed E-state index contributed by atoms with van der Waals surface area (Å²) in [6, 6.07) is 2.19. The summed E-state index contributed by atoms with van der Waals surface area (Å²) in [5.41, 5.74) is 1.27. The Kier molecular flexibility index (Phi) is 6.74. The molecular weight excluding hydrogens is 262 g/mol. The zero-order chi connectivity index (χ0) is 15.1. The van der Waals surface area contributed by atoms with Crippen molar-refractivity contribution in [2.75, 3.05) is 39.8 Å². The summed E-state index contributed by atoms with van der Waals surface area (Å²) in [7, 11) is 2.18. The lowest BCUT2D eigenvalue weighted by Crippen LogP contribution is -2.31. The molecule has 1 saturated heterocycles. The van der Waals surface area contributed by atoms with E-state index in [2.05, 4.69) is 42.1 Å². The van der Waals surface area contributed by atoms with Crippen LogP contribution in [-0.4, -0.2) is 49.6 Å². The number of hydrogen-bond acceptors (Lipinski definition) is 4. The largest absolute Gasteiger partial charge is 0.463 e. The zero-order valence-corrected chi connectivity index (χ0v) is 14.0. The summed E-state index contributed by atoms with van der Waals surface area (Å²) in [6.07, 6.45) is 3.90. The highest BCUT2D eigenvalue weighted by atomic mass is 16.3. The molecule has 4 heteroatoms. The summed E-state index contributed by atoms with van der Waals surface area (Å²) in [6.45, 7) is 12.0. The summed E-state index contributed by atoms with van der Waals surface area (Å²) in [5, 5.41) is 3.41. The van der Waals surface area contributed by atoms with Gasteiger partial charge in [-0.3, -0.25) is 4.90 Å². The van der Waals surface area contributed by atoms with Gasteiger partial charge in [-0.2, -0.15) is 0 Å². The van der Waals surface area contributed by atoms with E-state index in [0.717, 1.165) is 44.1 Å². The molecular formula is C17H31N3O. The highest BCUT2D eigenvalue weighted by molar-refractivity contribution is 5.20. The third-order valence-electron chi connectivity index (χ3n) is 4.21. The zero-order valence-electron chi connectivity index (χ0n) is 14.0. The second kappa shape index (κ2) is 8.57. The van der Waals surface area contributed by atoms with E-state index in [0.29, 0.717) is 0 Å². The highest BCUT2D eigenvalue weighted by Crippen LogP contribution is 2.16. The van der Waals surface area contributed by atoms with Crippen molar-refractivity contribution in [1.29, 1.82) is 0 Å². The number of likely N-dealkylation sites (N-methyl/N-ethyl adjacent to an activating group) is 1. The minimum absolute atomic E-state index is 0.844. The van der Waals surface area contributed by atoms with Crippen LogP contribution < -0.4 is 5.32 Å². The van der Waals surface area contributed by atoms with Gasteiger partial charge in [-0.1, -0.05) is 6.92 Å². The van der Waals surface area contributed by atoms with Crippen LogP contribution in [0.5, 0.6) is 0 Å². The second-order valence-corrected chi connectivity index (χ2v) is 6.28. The summed E-state index contributed by atoms with van der Waals surface area (Å²) in [5.74, 6) is 2.18. The van der Waals surface area contributed by atoms with Crippen LogP contribution in [-0.2, 0) is 13.1 Å². The molecule has 1 N–H and O–H groups in total. The molecule has 1 aromatic rings. The van der Waals surface area contributed by atoms with Gasteiger partial charge in [0.05, 0.1) is 13.1 Å². The van der Waals surface area contributed by atoms with Gasteiger partial charge in [-0.15, -0.1) is 0 Å². The van der Waals surface area contributed by atoms with E-state index in [1.54, 1.807) is 0 Å². The van der Waals surface area contributed by atoms with Crippen molar-refractivity contribution >= 4 is 0 Å². The predicted octanol–water partition coefficient (Wildman–Crippen LogP) is 2.62. The highest BCUT2D eigenvalue weighted by Gasteiger charge is 2.13. The monoisotopic (exact) mass is 293 g/mol. The molecule has 1 aliphatic rings. The molecule has 0 radical (unpaired) electrons. The van der Waals surface area contributed by atoms with Crippen LogP contribution in [0.2, 0.25) is 0 Å². The summed E-state index contributed by atoms with van der Waals surface area (Å²) in [4.78, 5) is 4.92. The fraction of sp³-hybridized carbons (Fsp3) is 0.765. The van der Waals surface area contributed by atoms with Crippen LogP contribution in [0.1, 0.15) is 43.3 Å². The van der Waals surface area contributed by atoms with Crippen LogP contribution >= 0.6 is 0 Å². The normalized spacial score (nSPS) is 16.2. The Morgan fingerprint density at radius 1 is 1.33 bits per heavy atom. The van der Waals surface area contributed by atoms with Crippen LogP contribution in [0.4, 0.5) is 0 Å². The van der Waals surface area contributed by atoms with Crippen molar-refractivity contribution in [2.45, 2.75) is 46.2 Å². The molecule has 21 heavy (non-hydrogen) atoms. The topological polar surface area (TPSA) is 31.7 Å². The Morgan fingerprint density at radius 2 is 2.10 bits per heavy atom. The van der Waals surface area contributed by atoms with Gasteiger partial charge in [0.15, 0.2) is 0 Å². The molecule has 1 aromatic heterocycles. The van der Waals surface area contributed by atoms with E-state index in [9.17, 15) is 0 Å². The summed E-state index contributed by atoms with van der Waals surface area (Å²) >= 11 is 0. The molecule has 4 nitrogen and oxygen atoms in total. The molecule has 2 heterocycles. The first-order chi connectivity index (χ1) is 10.2. The van der Waals surface area contributed by atoms with Crippen molar-refractivity contribution in [3.63, 3.8) is 0 Å². The lowest BCUT2D eigenvalue weighted by molar-refractivity contribution is 0.237. The molecule has 0 bridgehead atoms. The lowest BCUT2D eigenvalue weighted by Gasteiger charge is -2.20. The van der Waals surface area contributed by atoms with E-state index < -0.39 is 0 Å². The quantitative estimate of drug-likeness (QED) is 0.709. The third-order valence-corrected chi connectivity index (χ3v) is 4.21. The first-order valence-electron chi connectivity index (χ1n) is 8.39. The SMILES string of the molecule is CCCNCc1oc(CN(C)CCN2CCCC2)cc1C. The van der Waals surface area contributed by atoms with E-state index in [1.165, 1.54) is 38.0 Å². The molecule has 2 rings (SSSR count). The van der Waals surface area contributed by atoms with Gasteiger partial charge in [-0.05, 0) is 64.5 Å². The number of nitrogens with one attached hydrogen (secondary N) is 1. The van der Waals surface area contributed by atoms with Gasteiger partial charge in [-0.25, -0.2) is 0 Å². The van der Waals surface area contributed by atoms with Crippen molar-refractivity contribution < 1.29 is 4.42 Å². The second-order valence-electron chi connectivity index (χ2n) is 6.28. The molecule has 0 unspecified atom stereocenters. The minimum atomic E-state index is 0.844. The first kappa shape index (κ1) is 16.5. The maximum absolute atomic E-state index is 5.99. The molecule has 1 fully saturated rings. The number of furan rings is 1. The molecule has 0 saturated carbocycles. The van der Waals surface area contributed by atoms with Gasteiger partial charge >= 0.3 is 0 Å². The Hall–Kier alpha value is -0.840. The van der Waals surface area contributed by atoms with Crippen molar-refractivity contribution in [3.8, 4) is 0 Å². The molecule has 0 aliphatic carbocycles. The van der Waals surface area contributed by atoms with Crippen LogP contribution in [0.3, 0.4) is 0 Å². The van der Waals surface area contributed by atoms with E-state index >= 15 is 0 Å². The van der Waals surface area contributed by atoms with Gasteiger partial charge in [0, 0.05) is 13.1 Å². The molecule has 0 aromatic carbocycles. The summed E-state index contributed by atoms with van der Waals surface area (Å²) < 4.78 is 5.99. The average molecular weight is 293 g/mol. The number of aryl methyl sites for hydroxylation is 1.